The van der Waals surface area contributed by atoms with Crippen LogP contribution >= 0.6 is 0 Å². The molecule has 0 aromatic carbocycles. The quantitative estimate of drug-likeness (QED) is 0.745. The van der Waals surface area contributed by atoms with Gasteiger partial charge in [0.15, 0.2) is 0 Å². The SMILES string of the molecule is Nc1cc(C(=O)OF)n(CCCO)c1. The van der Waals surface area contributed by atoms with Crippen LogP contribution in [0.15, 0.2) is 12.3 Å². The highest BCUT2D eigenvalue weighted by Crippen LogP contribution is 2.12. The molecular formula is C8H11FN2O3. The third-order valence-electron chi connectivity index (χ3n) is 1.75. The van der Waals surface area contributed by atoms with Gasteiger partial charge in [0.25, 0.3) is 0 Å². The van der Waals surface area contributed by atoms with E-state index < -0.39 is 5.97 Å². The normalized spacial score (nSPS) is 10.1. The summed E-state index contributed by atoms with van der Waals surface area (Å²) >= 11 is 0. The third kappa shape index (κ3) is 2.23. The zero-order valence-corrected chi connectivity index (χ0v) is 7.44. The molecule has 1 aromatic rings. The van der Waals surface area contributed by atoms with E-state index >= 15 is 0 Å². The first-order chi connectivity index (χ1) is 6.69. The van der Waals surface area contributed by atoms with Gasteiger partial charge in [0.1, 0.15) is 5.69 Å². The summed E-state index contributed by atoms with van der Waals surface area (Å²) in [5.41, 5.74) is 5.82. The standard InChI is InChI=1S/C8H11FN2O3/c9-14-8(13)7-4-6(10)5-11(7)2-1-3-12/h4-5,12H,1-3,10H2. The predicted molar refractivity (Wildman–Crippen MR) is 47.1 cm³/mol. The highest BCUT2D eigenvalue weighted by atomic mass is 19.3. The third-order valence-corrected chi connectivity index (χ3v) is 1.75. The second-order valence-corrected chi connectivity index (χ2v) is 2.79. The van der Waals surface area contributed by atoms with Gasteiger partial charge in [-0.2, -0.15) is 0 Å². The van der Waals surface area contributed by atoms with Crippen molar-refractivity contribution in [1.29, 1.82) is 0 Å². The Kier molecular flexibility index (Phi) is 3.47. The zero-order valence-electron chi connectivity index (χ0n) is 7.44. The van der Waals surface area contributed by atoms with Crippen molar-refractivity contribution in [3.05, 3.63) is 18.0 Å². The lowest BCUT2D eigenvalue weighted by molar-refractivity contribution is -0.0797. The van der Waals surface area contributed by atoms with Crippen LogP contribution in [0.2, 0.25) is 0 Å². The van der Waals surface area contributed by atoms with E-state index in [1.807, 2.05) is 0 Å². The van der Waals surface area contributed by atoms with E-state index in [4.69, 9.17) is 10.8 Å². The number of aromatic nitrogens is 1. The molecule has 0 aliphatic heterocycles. The van der Waals surface area contributed by atoms with Crippen LogP contribution in [0.5, 0.6) is 0 Å². The molecule has 5 nitrogen and oxygen atoms in total. The summed E-state index contributed by atoms with van der Waals surface area (Å²) in [6, 6.07) is 1.32. The summed E-state index contributed by atoms with van der Waals surface area (Å²) in [5.74, 6) is -1.08. The van der Waals surface area contributed by atoms with E-state index in [9.17, 15) is 9.32 Å². The number of carbonyl (C=O) groups excluding carboxylic acids is 1. The molecule has 14 heavy (non-hydrogen) atoms. The Morgan fingerprint density at radius 3 is 3.00 bits per heavy atom. The topological polar surface area (TPSA) is 77.5 Å². The molecule has 0 aliphatic carbocycles. The van der Waals surface area contributed by atoms with Crippen molar-refractivity contribution < 1.29 is 19.4 Å². The Morgan fingerprint density at radius 2 is 2.43 bits per heavy atom. The van der Waals surface area contributed by atoms with Crippen molar-refractivity contribution in [2.75, 3.05) is 12.3 Å². The molecule has 1 aromatic heterocycles. The fourth-order valence-corrected chi connectivity index (χ4v) is 1.17. The second kappa shape index (κ2) is 4.61. The number of nitrogens with two attached hydrogens (primary N) is 1. The number of aliphatic hydroxyl groups excluding tert-OH is 1. The molecule has 0 saturated carbocycles. The van der Waals surface area contributed by atoms with Gasteiger partial charge in [-0.3, -0.25) is 0 Å². The molecule has 0 radical (unpaired) electrons. The molecule has 1 heterocycles. The molecule has 0 bridgehead atoms. The largest absolute Gasteiger partial charge is 0.397 e. The number of halogens is 1. The van der Waals surface area contributed by atoms with Gasteiger partial charge in [-0.25, -0.2) is 9.74 Å². The summed E-state index contributed by atoms with van der Waals surface area (Å²) in [5, 5.41) is 8.59. The Morgan fingerprint density at radius 1 is 1.71 bits per heavy atom. The second-order valence-electron chi connectivity index (χ2n) is 2.79. The number of hydrogen-bond donors (Lipinski definition) is 2. The number of aliphatic hydroxyl groups is 1. The van der Waals surface area contributed by atoms with Crippen molar-refractivity contribution in [3.8, 4) is 0 Å². The van der Waals surface area contributed by atoms with Crippen molar-refractivity contribution in [2.45, 2.75) is 13.0 Å². The molecule has 0 spiro atoms. The number of rotatable bonds is 4. The van der Waals surface area contributed by atoms with Crippen LogP contribution in [0, 0.1) is 0 Å². The maximum atomic E-state index is 11.6. The van der Waals surface area contributed by atoms with Crippen LogP contribution in [0.1, 0.15) is 16.9 Å². The molecule has 78 valence electrons. The molecule has 0 atom stereocenters. The van der Waals surface area contributed by atoms with Crippen LogP contribution in [0.4, 0.5) is 10.2 Å². The van der Waals surface area contributed by atoms with Gasteiger partial charge >= 0.3 is 5.97 Å². The van der Waals surface area contributed by atoms with Crippen molar-refractivity contribution in [3.63, 3.8) is 0 Å². The molecule has 6 heteroatoms. The fraction of sp³-hybridized carbons (Fsp3) is 0.375. The minimum absolute atomic E-state index is 0.0117. The first-order valence-electron chi connectivity index (χ1n) is 4.08. The number of nitrogen functional groups attached to an aromatic ring is 1. The lowest BCUT2D eigenvalue weighted by atomic mass is 10.4. The Balaban J connectivity index is 2.85. The van der Waals surface area contributed by atoms with E-state index in [0.29, 0.717) is 18.7 Å². The molecular weight excluding hydrogens is 191 g/mol. The zero-order chi connectivity index (χ0) is 10.6. The van der Waals surface area contributed by atoms with Crippen molar-refractivity contribution >= 4 is 11.7 Å². The maximum absolute atomic E-state index is 11.6. The highest BCUT2D eigenvalue weighted by Gasteiger charge is 2.14. The smallest absolute Gasteiger partial charge is 0.395 e. The Bertz CT molecular complexity index is 324. The summed E-state index contributed by atoms with van der Waals surface area (Å²) in [4.78, 5) is 14.0. The summed E-state index contributed by atoms with van der Waals surface area (Å²) in [6.45, 7) is 0.375. The van der Waals surface area contributed by atoms with E-state index in [1.54, 1.807) is 0 Å². The molecule has 0 unspecified atom stereocenters. The van der Waals surface area contributed by atoms with Gasteiger partial charge in [-0.1, -0.05) is 0 Å². The predicted octanol–water partition coefficient (Wildman–Crippen LogP) is 0.494. The van der Waals surface area contributed by atoms with Gasteiger partial charge in [-0.05, 0) is 12.5 Å². The van der Waals surface area contributed by atoms with Gasteiger partial charge < -0.3 is 15.4 Å². The Hall–Kier alpha value is -1.56. The van der Waals surface area contributed by atoms with E-state index in [1.165, 1.54) is 16.8 Å². The molecule has 1 rings (SSSR count). The molecule has 0 fully saturated rings. The Labute approximate surface area is 79.8 Å². The number of carbonyl (C=O) groups is 1. The monoisotopic (exact) mass is 202 g/mol. The molecule has 0 aliphatic rings. The summed E-state index contributed by atoms with van der Waals surface area (Å²) < 4.78 is 13.1. The van der Waals surface area contributed by atoms with E-state index in [-0.39, 0.29) is 12.3 Å². The molecule has 0 amide bonds. The molecule has 3 N–H and O–H groups in total. The average molecular weight is 202 g/mol. The van der Waals surface area contributed by atoms with Crippen LogP contribution in [-0.4, -0.2) is 22.2 Å². The molecule has 0 saturated heterocycles. The average Bonchev–Trinajstić information content (AvgIpc) is 2.55. The highest BCUT2D eigenvalue weighted by molar-refractivity contribution is 5.88. The van der Waals surface area contributed by atoms with Crippen LogP contribution in [-0.2, 0) is 11.5 Å². The van der Waals surface area contributed by atoms with E-state index in [2.05, 4.69) is 4.94 Å². The van der Waals surface area contributed by atoms with Crippen LogP contribution < -0.4 is 5.73 Å². The van der Waals surface area contributed by atoms with Crippen LogP contribution in [0.3, 0.4) is 0 Å². The number of nitrogens with zero attached hydrogens (tertiary/aromatic N) is 1. The van der Waals surface area contributed by atoms with Crippen molar-refractivity contribution in [2.24, 2.45) is 0 Å². The number of anilines is 1. The first-order valence-corrected chi connectivity index (χ1v) is 4.08. The van der Waals surface area contributed by atoms with Gasteiger partial charge in [0.05, 0.1) is 5.69 Å². The van der Waals surface area contributed by atoms with Gasteiger partial charge in [0, 0.05) is 23.9 Å². The summed E-state index contributed by atoms with van der Waals surface area (Å²) in [6.07, 6.45) is 1.95. The van der Waals surface area contributed by atoms with Gasteiger partial charge in [-0.15, -0.1) is 0 Å². The summed E-state index contributed by atoms with van der Waals surface area (Å²) in [7, 11) is 0. The lowest BCUT2D eigenvalue weighted by Crippen LogP contribution is -2.09. The van der Waals surface area contributed by atoms with Crippen molar-refractivity contribution in [1.82, 2.24) is 4.57 Å². The first kappa shape index (κ1) is 10.5. The minimum atomic E-state index is -1.08. The van der Waals surface area contributed by atoms with E-state index in [0.717, 1.165) is 0 Å². The lowest BCUT2D eigenvalue weighted by Gasteiger charge is -2.03. The number of aryl methyl sites for hydroxylation is 1. The minimum Gasteiger partial charge on any atom is -0.397 e. The maximum Gasteiger partial charge on any atom is 0.395 e. The van der Waals surface area contributed by atoms with Gasteiger partial charge in [0.2, 0.25) is 0 Å². The fourth-order valence-electron chi connectivity index (χ4n) is 1.17. The number of hydrogen-bond acceptors (Lipinski definition) is 4. The van der Waals surface area contributed by atoms with Crippen LogP contribution in [0.25, 0.3) is 0 Å².